The monoisotopic (exact) mass is 299 g/mol. The molecule has 0 fully saturated rings. The Bertz CT molecular complexity index is 416. The van der Waals surface area contributed by atoms with E-state index in [9.17, 15) is 9.90 Å². The summed E-state index contributed by atoms with van der Waals surface area (Å²) in [5.41, 5.74) is 0.137. The molecule has 94 valence electrons. The maximum absolute atomic E-state index is 11.4. The van der Waals surface area contributed by atoms with Crippen LogP contribution in [0.25, 0.3) is 0 Å². The summed E-state index contributed by atoms with van der Waals surface area (Å²) in [6.07, 6.45) is 0. The highest BCUT2D eigenvalue weighted by atomic mass is 79.9. The SMILES string of the molecule is CN(C)C(c1ccccc1Br)C(C)(C)C(=O)O. The third-order valence-corrected chi connectivity index (χ3v) is 3.67. The molecule has 1 aromatic rings. The van der Waals surface area contributed by atoms with Gasteiger partial charge in [-0.3, -0.25) is 4.79 Å². The molecule has 1 aromatic carbocycles. The fourth-order valence-corrected chi connectivity index (χ4v) is 2.63. The average Bonchev–Trinajstić information content (AvgIpc) is 2.20. The number of carbonyl (C=O) groups is 1. The van der Waals surface area contributed by atoms with E-state index in [1.54, 1.807) is 13.8 Å². The first kappa shape index (κ1) is 14.2. The van der Waals surface area contributed by atoms with Crippen LogP contribution in [-0.4, -0.2) is 30.1 Å². The Balaban J connectivity index is 3.29. The van der Waals surface area contributed by atoms with E-state index in [0.717, 1.165) is 10.0 Å². The van der Waals surface area contributed by atoms with Crippen molar-refractivity contribution in [3.63, 3.8) is 0 Å². The maximum atomic E-state index is 11.4. The number of aliphatic carboxylic acids is 1. The van der Waals surface area contributed by atoms with Crippen molar-refractivity contribution in [2.24, 2.45) is 5.41 Å². The minimum absolute atomic E-state index is 0.185. The number of nitrogens with zero attached hydrogens (tertiary/aromatic N) is 1. The van der Waals surface area contributed by atoms with E-state index in [2.05, 4.69) is 15.9 Å². The van der Waals surface area contributed by atoms with Gasteiger partial charge in [-0.05, 0) is 39.6 Å². The number of benzene rings is 1. The standard InChI is InChI=1S/C13H18BrNO2/c1-13(2,12(16)17)11(15(3)4)9-7-5-6-8-10(9)14/h5-8,11H,1-4H3,(H,16,17). The molecule has 1 N–H and O–H groups in total. The van der Waals surface area contributed by atoms with Crippen molar-refractivity contribution >= 4 is 21.9 Å². The van der Waals surface area contributed by atoms with Crippen LogP contribution in [0.4, 0.5) is 0 Å². The van der Waals surface area contributed by atoms with Crippen molar-refractivity contribution in [1.82, 2.24) is 4.90 Å². The molecule has 4 heteroatoms. The summed E-state index contributed by atoms with van der Waals surface area (Å²) in [4.78, 5) is 13.3. The van der Waals surface area contributed by atoms with Crippen LogP contribution in [0.5, 0.6) is 0 Å². The zero-order chi connectivity index (χ0) is 13.2. The lowest BCUT2D eigenvalue weighted by atomic mass is 9.80. The van der Waals surface area contributed by atoms with Crippen molar-refractivity contribution in [3.05, 3.63) is 34.3 Å². The van der Waals surface area contributed by atoms with Gasteiger partial charge in [-0.1, -0.05) is 34.1 Å². The molecule has 0 aliphatic carbocycles. The Kier molecular flexibility index (Phi) is 4.33. The third kappa shape index (κ3) is 2.87. The fraction of sp³-hybridized carbons (Fsp3) is 0.462. The first-order valence-corrected chi connectivity index (χ1v) is 6.22. The van der Waals surface area contributed by atoms with Gasteiger partial charge >= 0.3 is 5.97 Å². The molecular weight excluding hydrogens is 282 g/mol. The molecule has 0 saturated carbocycles. The van der Waals surface area contributed by atoms with E-state index in [1.807, 2.05) is 43.3 Å². The van der Waals surface area contributed by atoms with Crippen LogP contribution >= 0.6 is 15.9 Å². The third-order valence-electron chi connectivity index (χ3n) is 2.95. The second-order valence-corrected chi connectivity index (χ2v) is 5.77. The van der Waals surface area contributed by atoms with Crippen LogP contribution in [-0.2, 0) is 4.79 Å². The molecule has 1 atom stereocenters. The summed E-state index contributed by atoms with van der Waals surface area (Å²) in [5, 5.41) is 9.37. The van der Waals surface area contributed by atoms with Crippen LogP contribution in [0.2, 0.25) is 0 Å². The summed E-state index contributed by atoms with van der Waals surface area (Å²) >= 11 is 3.49. The van der Waals surface area contributed by atoms with Crippen LogP contribution in [0.15, 0.2) is 28.7 Å². The van der Waals surface area contributed by atoms with Crippen molar-refractivity contribution in [2.45, 2.75) is 19.9 Å². The van der Waals surface area contributed by atoms with Gasteiger partial charge < -0.3 is 10.0 Å². The lowest BCUT2D eigenvalue weighted by Crippen LogP contribution is -2.39. The number of halogens is 1. The molecule has 1 unspecified atom stereocenters. The summed E-state index contributed by atoms with van der Waals surface area (Å²) in [7, 11) is 3.80. The lowest BCUT2D eigenvalue weighted by Gasteiger charge is -2.36. The van der Waals surface area contributed by atoms with E-state index >= 15 is 0 Å². The van der Waals surface area contributed by atoms with E-state index in [4.69, 9.17) is 0 Å². The molecule has 1 rings (SSSR count). The second-order valence-electron chi connectivity index (χ2n) is 4.91. The minimum Gasteiger partial charge on any atom is -0.481 e. The summed E-state index contributed by atoms with van der Waals surface area (Å²) < 4.78 is 0.938. The molecule has 0 spiro atoms. The summed E-state index contributed by atoms with van der Waals surface area (Å²) in [6.45, 7) is 3.50. The molecule has 0 bridgehead atoms. The van der Waals surface area contributed by atoms with Crippen LogP contribution < -0.4 is 0 Å². The smallest absolute Gasteiger partial charge is 0.311 e. The quantitative estimate of drug-likeness (QED) is 0.928. The Hall–Kier alpha value is -0.870. The number of carboxylic acid groups (broad SMARTS) is 1. The zero-order valence-electron chi connectivity index (χ0n) is 10.6. The van der Waals surface area contributed by atoms with Gasteiger partial charge in [-0.15, -0.1) is 0 Å². The first-order chi connectivity index (χ1) is 7.78. The molecule has 0 aliphatic heterocycles. The number of rotatable bonds is 4. The van der Waals surface area contributed by atoms with Crippen molar-refractivity contribution in [2.75, 3.05) is 14.1 Å². The first-order valence-electron chi connectivity index (χ1n) is 5.42. The van der Waals surface area contributed by atoms with Gasteiger partial charge in [0.05, 0.1) is 11.5 Å². The summed E-state index contributed by atoms with van der Waals surface area (Å²) in [6, 6.07) is 7.56. The molecule has 0 saturated heterocycles. The molecule has 0 aliphatic rings. The molecule has 17 heavy (non-hydrogen) atoms. The largest absolute Gasteiger partial charge is 0.481 e. The molecule has 0 heterocycles. The number of hydrogen-bond acceptors (Lipinski definition) is 2. The highest BCUT2D eigenvalue weighted by Crippen LogP contribution is 2.40. The van der Waals surface area contributed by atoms with Gasteiger partial charge in [-0.2, -0.15) is 0 Å². The molecular formula is C13H18BrNO2. The predicted molar refractivity (Wildman–Crippen MR) is 72.0 cm³/mol. The maximum Gasteiger partial charge on any atom is 0.311 e. The topological polar surface area (TPSA) is 40.5 Å². The van der Waals surface area contributed by atoms with E-state index < -0.39 is 11.4 Å². The van der Waals surface area contributed by atoms with Gasteiger partial charge in [0.1, 0.15) is 0 Å². The molecule has 0 aromatic heterocycles. The van der Waals surface area contributed by atoms with Crippen LogP contribution in [0, 0.1) is 5.41 Å². The Morgan fingerprint density at radius 3 is 2.29 bits per heavy atom. The van der Waals surface area contributed by atoms with Gasteiger partial charge in [0.15, 0.2) is 0 Å². The van der Waals surface area contributed by atoms with Crippen molar-refractivity contribution < 1.29 is 9.90 Å². The Labute approximate surface area is 111 Å². The Morgan fingerprint density at radius 2 is 1.88 bits per heavy atom. The van der Waals surface area contributed by atoms with Gasteiger partial charge in [0, 0.05) is 4.47 Å². The van der Waals surface area contributed by atoms with Gasteiger partial charge in [0.25, 0.3) is 0 Å². The predicted octanol–water partition coefficient (Wildman–Crippen LogP) is 3.16. The minimum atomic E-state index is -0.854. The van der Waals surface area contributed by atoms with E-state index in [-0.39, 0.29) is 6.04 Å². The second kappa shape index (κ2) is 5.19. The molecule has 0 radical (unpaired) electrons. The number of carboxylic acids is 1. The van der Waals surface area contributed by atoms with Gasteiger partial charge in [0.2, 0.25) is 0 Å². The van der Waals surface area contributed by atoms with E-state index in [1.165, 1.54) is 0 Å². The van der Waals surface area contributed by atoms with Crippen LogP contribution in [0.1, 0.15) is 25.5 Å². The Morgan fingerprint density at radius 1 is 1.35 bits per heavy atom. The normalized spacial score (nSPS) is 13.8. The van der Waals surface area contributed by atoms with Crippen molar-refractivity contribution in [3.8, 4) is 0 Å². The molecule has 0 amide bonds. The molecule has 3 nitrogen and oxygen atoms in total. The average molecular weight is 300 g/mol. The highest BCUT2D eigenvalue weighted by Gasteiger charge is 2.39. The lowest BCUT2D eigenvalue weighted by molar-refractivity contribution is -0.150. The fourth-order valence-electron chi connectivity index (χ4n) is 2.13. The van der Waals surface area contributed by atoms with Gasteiger partial charge in [-0.25, -0.2) is 0 Å². The zero-order valence-corrected chi connectivity index (χ0v) is 12.2. The van der Waals surface area contributed by atoms with E-state index in [0.29, 0.717) is 0 Å². The number of hydrogen-bond donors (Lipinski definition) is 1. The summed E-state index contributed by atoms with van der Waals surface area (Å²) in [5.74, 6) is -0.799. The van der Waals surface area contributed by atoms with Crippen molar-refractivity contribution in [1.29, 1.82) is 0 Å². The van der Waals surface area contributed by atoms with Crippen LogP contribution in [0.3, 0.4) is 0 Å². The highest BCUT2D eigenvalue weighted by molar-refractivity contribution is 9.10.